The van der Waals surface area contributed by atoms with Gasteiger partial charge in [-0.05, 0) is 50.2 Å². The van der Waals surface area contributed by atoms with Crippen LogP contribution >= 0.6 is 11.8 Å². The zero-order valence-corrected chi connectivity index (χ0v) is 17.4. The highest BCUT2D eigenvalue weighted by molar-refractivity contribution is 7.98. The van der Waals surface area contributed by atoms with Crippen molar-refractivity contribution in [1.29, 1.82) is 0 Å². The summed E-state index contributed by atoms with van der Waals surface area (Å²) >= 11 is 1.40. The second kappa shape index (κ2) is 8.96. The van der Waals surface area contributed by atoms with Crippen molar-refractivity contribution in [3.63, 3.8) is 0 Å². The van der Waals surface area contributed by atoms with Gasteiger partial charge in [-0.25, -0.2) is 9.97 Å². The van der Waals surface area contributed by atoms with Crippen LogP contribution in [0.4, 0.5) is 0 Å². The third-order valence-corrected chi connectivity index (χ3v) is 5.21. The van der Waals surface area contributed by atoms with Gasteiger partial charge in [0.1, 0.15) is 11.5 Å². The first-order chi connectivity index (χ1) is 14.6. The molecule has 0 aliphatic heterocycles. The van der Waals surface area contributed by atoms with Crippen LogP contribution in [0.15, 0.2) is 69.2 Å². The van der Waals surface area contributed by atoms with Gasteiger partial charge in [-0.2, -0.15) is 0 Å². The number of ether oxygens (including phenoxy) is 1. The molecule has 0 atom stereocenters. The molecule has 0 fully saturated rings. The van der Waals surface area contributed by atoms with Crippen LogP contribution in [0.25, 0.3) is 22.7 Å². The summed E-state index contributed by atoms with van der Waals surface area (Å²) in [7, 11) is 0. The lowest BCUT2D eigenvalue weighted by Crippen LogP contribution is -2.08. The molecule has 3 heterocycles. The van der Waals surface area contributed by atoms with Crippen LogP contribution in [0.1, 0.15) is 18.4 Å². The smallest absolute Gasteiger partial charge is 0.252 e. The first-order valence-corrected chi connectivity index (χ1v) is 10.4. The van der Waals surface area contributed by atoms with E-state index in [2.05, 4.69) is 19.9 Å². The highest BCUT2D eigenvalue weighted by Crippen LogP contribution is 2.27. The maximum atomic E-state index is 12.1. The van der Waals surface area contributed by atoms with Crippen molar-refractivity contribution < 1.29 is 9.15 Å². The molecule has 0 aliphatic rings. The maximum absolute atomic E-state index is 12.1. The van der Waals surface area contributed by atoms with E-state index >= 15 is 0 Å². The Labute approximate surface area is 177 Å². The Morgan fingerprint density at radius 1 is 1.13 bits per heavy atom. The molecule has 152 valence electrons. The second-order valence-corrected chi connectivity index (χ2v) is 7.41. The van der Waals surface area contributed by atoms with E-state index in [0.29, 0.717) is 29.1 Å². The Morgan fingerprint density at radius 2 is 1.97 bits per heavy atom. The van der Waals surface area contributed by atoms with Crippen LogP contribution in [0.2, 0.25) is 0 Å². The lowest BCUT2D eigenvalue weighted by Gasteiger charge is -2.03. The van der Waals surface area contributed by atoms with Crippen molar-refractivity contribution >= 4 is 11.8 Å². The molecule has 0 radical (unpaired) electrons. The van der Waals surface area contributed by atoms with E-state index < -0.39 is 0 Å². The molecule has 3 aromatic heterocycles. The van der Waals surface area contributed by atoms with E-state index in [1.165, 1.54) is 17.8 Å². The molecule has 8 heteroatoms. The van der Waals surface area contributed by atoms with Crippen molar-refractivity contribution in [3.05, 3.63) is 76.7 Å². The molecule has 1 aromatic carbocycles. The molecule has 0 bridgehead atoms. The number of H-pyrrole nitrogens is 1. The topological polar surface area (TPSA) is 93.9 Å². The molecule has 1 N–H and O–H groups in total. The van der Waals surface area contributed by atoms with Gasteiger partial charge in [0.05, 0.1) is 18.0 Å². The number of hydrogen-bond acceptors (Lipinski definition) is 7. The number of pyridine rings is 1. The van der Waals surface area contributed by atoms with Crippen LogP contribution < -0.4 is 10.3 Å². The van der Waals surface area contributed by atoms with E-state index in [1.807, 2.05) is 50.2 Å². The number of nitrogens with zero attached hydrogens (tertiary/aromatic N) is 3. The molecule has 4 rings (SSSR count). The molecule has 4 aromatic rings. The van der Waals surface area contributed by atoms with Gasteiger partial charge in [-0.1, -0.05) is 11.8 Å². The predicted molar refractivity (Wildman–Crippen MR) is 115 cm³/mol. The lowest BCUT2D eigenvalue weighted by molar-refractivity contribution is 0.340. The first-order valence-electron chi connectivity index (χ1n) is 9.46. The molecule has 30 heavy (non-hydrogen) atoms. The zero-order valence-electron chi connectivity index (χ0n) is 16.6. The summed E-state index contributed by atoms with van der Waals surface area (Å²) in [5.74, 6) is 2.61. The van der Waals surface area contributed by atoms with Crippen LogP contribution in [0.5, 0.6) is 5.75 Å². The van der Waals surface area contributed by atoms with Crippen molar-refractivity contribution in [2.75, 3.05) is 6.61 Å². The van der Waals surface area contributed by atoms with Gasteiger partial charge >= 0.3 is 0 Å². The van der Waals surface area contributed by atoms with E-state index in [4.69, 9.17) is 9.15 Å². The standard InChI is InChI=1S/C22H20N4O3S/c1-3-28-17-8-6-15(7-9-17)21-24-19(14(2)29-21)13-30-22-25-18(11-20(27)26-22)16-5-4-10-23-12-16/h4-12H,3,13H2,1-2H3,(H,25,26,27). The Hall–Kier alpha value is -3.39. The SMILES string of the molecule is CCOc1ccc(-c2nc(CSc3nc(-c4cccnc4)cc(=O)[nH]3)c(C)o2)cc1. The monoisotopic (exact) mass is 420 g/mol. The van der Waals surface area contributed by atoms with Gasteiger partial charge in [0.2, 0.25) is 5.89 Å². The molecule has 0 saturated heterocycles. The van der Waals surface area contributed by atoms with Gasteiger partial charge < -0.3 is 14.1 Å². The van der Waals surface area contributed by atoms with Crippen LogP contribution in [-0.4, -0.2) is 26.5 Å². The third-order valence-electron chi connectivity index (χ3n) is 4.33. The minimum absolute atomic E-state index is 0.210. The number of rotatable bonds is 7. The van der Waals surface area contributed by atoms with Crippen LogP contribution in [0, 0.1) is 6.92 Å². The summed E-state index contributed by atoms with van der Waals surface area (Å²) in [6.07, 6.45) is 3.36. The van der Waals surface area contributed by atoms with Crippen molar-refractivity contribution in [3.8, 4) is 28.5 Å². The highest BCUT2D eigenvalue weighted by atomic mass is 32.2. The average molecular weight is 420 g/mol. The van der Waals surface area contributed by atoms with Gasteiger partial charge in [-0.3, -0.25) is 9.78 Å². The number of nitrogens with one attached hydrogen (secondary N) is 1. The normalized spacial score (nSPS) is 10.9. The van der Waals surface area contributed by atoms with Gasteiger partial charge in [-0.15, -0.1) is 0 Å². The number of benzene rings is 1. The Morgan fingerprint density at radius 3 is 2.70 bits per heavy atom. The molecular formula is C22H20N4O3S. The summed E-state index contributed by atoms with van der Waals surface area (Å²) < 4.78 is 11.3. The Kier molecular flexibility index (Phi) is 5.94. The molecule has 0 aliphatic carbocycles. The molecule has 0 amide bonds. The fourth-order valence-corrected chi connectivity index (χ4v) is 3.73. The third kappa shape index (κ3) is 4.60. The van der Waals surface area contributed by atoms with E-state index in [0.717, 1.165) is 28.3 Å². The summed E-state index contributed by atoms with van der Waals surface area (Å²) in [5, 5.41) is 0.520. The molecular weight excluding hydrogens is 400 g/mol. The highest BCUT2D eigenvalue weighted by Gasteiger charge is 2.13. The molecule has 0 spiro atoms. The van der Waals surface area contributed by atoms with Crippen molar-refractivity contribution in [1.82, 2.24) is 19.9 Å². The molecule has 0 saturated carbocycles. The summed E-state index contributed by atoms with van der Waals surface area (Å²) in [6, 6.07) is 12.8. The minimum atomic E-state index is -0.210. The average Bonchev–Trinajstić information content (AvgIpc) is 3.14. The van der Waals surface area contributed by atoms with Crippen molar-refractivity contribution in [2.24, 2.45) is 0 Å². The maximum Gasteiger partial charge on any atom is 0.252 e. The van der Waals surface area contributed by atoms with Gasteiger partial charge in [0.15, 0.2) is 5.16 Å². The number of oxazole rings is 1. The number of thioether (sulfide) groups is 1. The van der Waals surface area contributed by atoms with Crippen LogP contribution in [0.3, 0.4) is 0 Å². The molecule has 7 nitrogen and oxygen atoms in total. The predicted octanol–water partition coefficient (Wildman–Crippen LogP) is 4.49. The lowest BCUT2D eigenvalue weighted by atomic mass is 10.2. The summed E-state index contributed by atoms with van der Waals surface area (Å²) in [4.78, 5) is 28.1. The number of aryl methyl sites for hydroxylation is 1. The van der Waals surface area contributed by atoms with E-state index in [-0.39, 0.29) is 5.56 Å². The number of aromatic nitrogens is 4. The zero-order chi connectivity index (χ0) is 20.9. The fourth-order valence-electron chi connectivity index (χ4n) is 2.85. The quantitative estimate of drug-likeness (QED) is 0.348. The largest absolute Gasteiger partial charge is 0.494 e. The first kappa shape index (κ1) is 19.9. The van der Waals surface area contributed by atoms with Gasteiger partial charge in [0, 0.05) is 35.3 Å². The fraction of sp³-hybridized carbons (Fsp3) is 0.182. The summed E-state index contributed by atoms with van der Waals surface area (Å²) in [6.45, 7) is 4.45. The molecule has 0 unspecified atom stereocenters. The van der Waals surface area contributed by atoms with Gasteiger partial charge in [0.25, 0.3) is 5.56 Å². The summed E-state index contributed by atoms with van der Waals surface area (Å²) in [5.41, 5.74) is 2.85. The van der Waals surface area contributed by atoms with Crippen molar-refractivity contribution in [2.45, 2.75) is 24.8 Å². The second-order valence-electron chi connectivity index (χ2n) is 6.45. The Balaban J connectivity index is 1.51. The number of hydrogen-bond donors (Lipinski definition) is 1. The van der Waals surface area contributed by atoms with E-state index in [1.54, 1.807) is 12.4 Å². The van der Waals surface area contributed by atoms with E-state index in [9.17, 15) is 4.79 Å². The van der Waals surface area contributed by atoms with Crippen LogP contribution in [-0.2, 0) is 5.75 Å². The minimum Gasteiger partial charge on any atom is -0.494 e. The Bertz CT molecular complexity index is 1190. The number of aromatic amines is 1.